The molecule has 0 aliphatic rings. The van der Waals surface area contributed by atoms with Gasteiger partial charge in [-0.2, -0.15) is 0 Å². The Balaban J connectivity index is 0. The highest BCUT2D eigenvalue weighted by Crippen LogP contribution is 2.08. The summed E-state index contributed by atoms with van der Waals surface area (Å²) in [6, 6.07) is -0.130. The van der Waals surface area contributed by atoms with Gasteiger partial charge in [-0.15, -0.1) is 12.4 Å². The van der Waals surface area contributed by atoms with Gasteiger partial charge < -0.3 is 16.8 Å². The molecule has 2 amide bonds. The van der Waals surface area contributed by atoms with Crippen molar-refractivity contribution in [2.24, 2.45) is 11.5 Å². The van der Waals surface area contributed by atoms with Crippen molar-refractivity contribution in [1.29, 1.82) is 0 Å². The van der Waals surface area contributed by atoms with Crippen LogP contribution in [0.2, 0.25) is 0 Å². The zero-order valence-corrected chi connectivity index (χ0v) is 10.9. The van der Waals surface area contributed by atoms with Crippen molar-refractivity contribution >= 4 is 24.2 Å². The SMILES string of the molecule is CCC(N)CC(=O)NC(C)(C)CC(N)=O.Cl. The molecule has 0 heterocycles. The van der Waals surface area contributed by atoms with E-state index in [1.54, 1.807) is 13.8 Å². The predicted molar refractivity (Wildman–Crippen MR) is 66.2 cm³/mol. The Morgan fingerprint density at radius 1 is 1.38 bits per heavy atom. The lowest BCUT2D eigenvalue weighted by Crippen LogP contribution is -2.47. The summed E-state index contributed by atoms with van der Waals surface area (Å²) in [5.74, 6) is -0.573. The van der Waals surface area contributed by atoms with Crippen molar-refractivity contribution in [3.05, 3.63) is 0 Å². The van der Waals surface area contributed by atoms with Gasteiger partial charge in [0.05, 0.1) is 0 Å². The van der Waals surface area contributed by atoms with Gasteiger partial charge in [0.15, 0.2) is 0 Å². The van der Waals surface area contributed by atoms with E-state index in [1.165, 1.54) is 0 Å². The van der Waals surface area contributed by atoms with Gasteiger partial charge in [0, 0.05) is 24.4 Å². The monoisotopic (exact) mass is 251 g/mol. The average Bonchev–Trinajstić information content (AvgIpc) is 1.99. The van der Waals surface area contributed by atoms with E-state index in [0.29, 0.717) is 0 Å². The first-order chi connectivity index (χ1) is 6.76. The van der Waals surface area contributed by atoms with Crippen molar-refractivity contribution in [3.63, 3.8) is 0 Å². The molecule has 0 aromatic heterocycles. The fourth-order valence-electron chi connectivity index (χ4n) is 1.29. The van der Waals surface area contributed by atoms with Crippen molar-refractivity contribution < 1.29 is 9.59 Å². The molecule has 1 atom stereocenters. The highest BCUT2D eigenvalue weighted by molar-refractivity contribution is 5.85. The van der Waals surface area contributed by atoms with E-state index in [0.717, 1.165) is 6.42 Å². The summed E-state index contributed by atoms with van der Waals surface area (Å²) in [6.07, 6.45) is 1.16. The number of amides is 2. The quantitative estimate of drug-likeness (QED) is 0.633. The smallest absolute Gasteiger partial charge is 0.221 e. The molecule has 0 aromatic rings. The van der Waals surface area contributed by atoms with Crippen LogP contribution in [0.3, 0.4) is 0 Å². The van der Waals surface area contributed by atoms with Crippen molar-refractivity contribution in [3.8, 4) is 0 Å². The van der Waals surface area contributed by atoms with Gasteiger partial charge in [0.25, 0.3) is 0 Å². The van der Waals surface area contributed by atoms with E-state index < -0.39 is 11.4 Å². The molecule has 0 saturated carbocycles. The Morgan fingerprint density at radius 2 is 1.88 bits per heavy atom. The molecule has 0 aliphatic heterocycles. The Kier molecular flexibility index (Phi) is 8.20. The van der Waals surface area contributed by atoms with E-state index in [4.69, 9.17) is 11.5 Å². The van der Waals surface area contributed by atoms with Gasteiger partial charge >= 0.3 is 0 Å². The van der Waals surface area contributed by atoms with E-state index in [2.05, 4.69) is 5.32 Å². The van der Waals surface area contributed by atoms with Gasteiger partial charge in [-0.1, -0.05) is 6.92 Å². The molecule has 0 bridgehead atoms. The molecule has 5 N–H and O–H groups in total. The average molecular weight is 252 g/mol. The standard InChI is InChI=1S/C10H21N3O2.ClH/c1-4-7(11)5-9(15)13-10(2,3)6-8(12)14;/h7H,4-6,11H2,1-3H3,(H2,12,14)(H,13,15);1H. The maximum absolute atomic E-state index is 11.5. The van der Waals surface area contributed by atoms with Gasteiger partial charge in [0.2, 0.25) is 11.8 Å². The normalized spacial score (nSPS) is 12.5. The molecule has 6 heteroatoms. The van der Waals surface area contributed by atoms with Crippen LogP contribution in [0.1, 0.15) is 40.0 Å². The van der Waals surface area contributed by atoms with Crippen LogP contribution in [0.5, 0.6) is 0 Å². The molecule has 0 rings (SSSR count). The minimum Gasteiger partial charge on any atom is -0.370 e. The van der Waals surface area contributed by atoms with E-state index in [-0.39, 0.29) is 37.2 Å². The molecule has 1 unspecified atom stereocenters. The van der Waals surface area contributed by atoms with Crippen LogP contribution in [0.4, 0.5) is 0 Å². The summed E-state index contributed by atoms with van der Waals surface area (Å²) in [6.45, 7) is 5.44. The van der Waals surface area contributed by atoms with Crippen LogP contribution in [-0.2, 0) is 9.59 Å². The predicted octanol–water partition coefficient (Wildman–Crippen LogP) is 0.306. The Hall–Kier alpha value is -0.810. The molecule has 0 fully saturated rings. The van der Waals surface area contributed by atoms with Crippen LogP contribution in [-0.4, -0.2) is 23.4 Å². The van der Waals surface area contributed by atoms with Crippen LogP contribution >= 0.6 is 12.4 Å². The molecule has 96 valence electrons. The lowest BCUT2D eigenvalue weighted by molar-refractivity contribution is -0.124. The number of halogens is 1. The van der Waals surface area contributed by atoms with E-state index >= 15 is 0 Å². The summed E-state index contributed by atoms with van der Waals surface area (Å²) in [4.78, 5) is 22.2. The number of hydrogen-bond donors (Lipinski definition) is 3. The number of primary amides is 1. The third-order valence-electron chi connectivity index (χ3n) is 2.07. The maximum Gasteiger partial charge on any atom is 0.221 e. The topological polar surface area (TPSA) is 98.2 Å². The number of hydrogen-bond acceptors (Lipinski definition) is 3. The van der Waals surface area contributed by atoms with E-state index in [1.807, 2.05) is 6.92 Å². The summed E-state index contributed by atoms with van der Waals surface area (Å²) in [5, 5.41) is 2.73. The first-order valence-corrected chi connectivity index (χ1v) is 5.11. The second kappa shape index (κ2) is 7.46. The van der Waals surface area contributed by atoms with Crippen LogP contribution in [0.25, 0.3) is 0 Å². The zero-order chi connectivity index (χ0) is 12.1. The molecule has 0 saturated heterocycles. The second-order valence-electron chi connectivity index (χ2n) is 4.45. The van der Waals surface area contributed by atoms with Crippen molar-refractivity contribution in [1.82, 2.24) is 5.32 Å². The Bertz CT molecular complexity index is 244. The minimum absolute atomic E-state index is 0. The highest BCUT2D eigenvalue weighted by atomic mass is 35.5. The Morgan fingerprint density at radius 3 is 2.25 bits per heavy atom. The van der Waals surface area contributed by atoms with Gasteiger partial charge in [-0.25, -0.2) is 0 Å². The number of carbonyl (C=O) groups is 2. The molecular formula is C10H22ClN3O2. The highest BCUT2D eigenvalue weighted by Gasteiger charge is 2.23. The largest absolute Gasteiger partial charge is 0.370 e. The molecule has 5 nitrogen and oxygen atoms in total. The Labute approximate surface area is 103 Å². The fraction of sp³-hybridized carbons (Fsp3) is 0.800. The van der Waals surface area contributed by atoms with Gasteiger partial charge in [0.1, 0.15) is 0 Å². The molecule has 16 heavy (non-hydrogen) atoms. The third-order valence-corrected chi connectivity index (χ3v) is 2.07. The van der Waals surface area contributed by atoms with Crippen LogP contribution in [0, 0.1) is 0 Å². The lowest BCUT2D eigenvalue weighted by Gasteiger charge is -2.25. The molecule has 0 aromatic carbocycles. The van der Waals surface area contributed by atoms with E-state index in [9.17, 15) is 9.59 Å². The second-order valence-corrected chi connectivity index (χ2v) is 4.45. The third kappa shape index (κ3) is 8.49. The molecular weight excluding hydrogens is 230 g/mol. The summed E-state index contributed by atoms with van der Waals surface area (Å²) in [5.41, 5.74) is 10.1. The summed E-state index contributed by atoms with van der Waals surface area (Å²) in [7, 11) is 0. The summed E-state index contributed by atoms with van der Waals surface area (Å²) >= 11 is 0. The maximum atomic E-state index is 11.5. The number of carbonyl (C=O) groups excluding carboxylic acids is 2. The fourth-order valence-corrected chi connectivity index (χ4v) is 1.29. The minimum atomic E-state index is -0.601. The first kappa shape index (κ1) is 17.6. The zero-order valence-electron chi connectivity index (χ0n) is 10.1. The molecule has 0 spiro atoms. The van der Waals surface area contributed by atoms with Gasteiger partial charge in [-0.3, -0.25) is 9.59 Å². The first-order valence-electron chi connectivity index (χ1n) is 5.11. The van der Waals surface area contributed by atoms with Crippen LogP contribution < -0.4 is 16.8 Å². The van der Waals surface area contributed by atoms with Crippen molar-refractivity contribution in [2.45, 2.75) is 51.6 Å². The molecule has 0 aliphatic carbocycles. The number of nitrogens with two attached hydrogens (primary N) is 2. The van der Waals surface area contributed by atoms with Gasteiger partial charge in [-0.05, 0) is 20.3 Å². The molecule has 0 radical (unpaired) electrons. The van der Waals surface area contributed by atoms with Crippen molar-refractivity contribution in [2.75, 3.05) is 0 Å². The number of nitrogens with one attached hydrogen (secondary N) is 1. The number of rotatable bonds is 6. The summed E-state index contributed by atoms with van der Waals surface area (Å²) < 4.78 is 0. The van der Waals surface area contributed by atoms with Crippen LogP contribution in [0.15, 0.2) is 0 Å². The lowest BCUT2D eigenvalue weighted by atomic mass is 9.99.